The fraction of sp³-hybridized carbons (Fsp3) is 0.263. The summed E-state index contributed by atoms with van der Waals surface area (Å²) in [7, 11) is 1.63. The third-order valence-electron chi connectivity index (χ3n) is 3.37. The summed E-state index contributed by atoms with van der Waals surface area (Å²) in [6.45, 7) is 0. The van der Waals surface area contributed by atoms with Crippen LogP contribution < -0.4 is 9.80 Å². The number of alkyl halides is 1. The van der Waals surface area contributed by atoms with E-state index in [1.54, 1.807) is 7.11 Å². The van der Waals surface area contributed by atoms with Gasteiger partial charge < -0.3 is 4.74 Å². The second-order valence-electron chi connectivity index (χ2n) is 4.97. The predicted molar refractivity (Wildman–Crippen MR) is 94.2 cm³/mol. The number of benzene rings is 2. The molecule has 2 aromatic rings. The van der Waals surface area contributed by atoms with Gasteiger partial charge >= 0.3 is 0 Å². The summed E-state index contributed by atoms with van der Waals surface area (Å²) >= 11 is 5.68. The minimum Gasteiger partial charge on any atom is -0.497 e. The molecule has 0 saturated carbocycles. The lowest BCUT2D eigenvalue weighted by Gasteiger charge is -2.24. The number of hydrogen-bond donors (Lipinski definition) is 1. The molecule has 0 aliphatic heterocycles. The van der Waals surface area contributed by atoms with Crippen molar-refractivity contribution in [2.24, 2.45) is 0 Å². The molecule has 0 heterocycles. The number of methoxy groups -OCH3 is 1. The van der Waals surface area contributed by atoms with Gasteiger partial charge in [0.2, 0.25) is 0 Å². The highest BCUT2D eigenvalue weighted by Crippen LogP contribution is 2.26. The van der Waals surface area contributed by atoms with Crippen molar-refractivity contribution in [3.63, 3.8) is 0 Å². The first-order valence-electron chi connectivity index (χ1n) is 7.47. The minimum atomic E-state index is -0.446. The van der Waals surface area contributed by atoms with Crippen molar-refractivity contribution in [2.75, 3.05) is 18.1 Å². The van der Waals surface area contributed by atoms with Crippen LogP contribution in [0.25, 0.3) is 0 Å². The number of hydroxylamine groups is 1. The number of hydrogen-bond acceptors (Lipinski definition) is 3. The molecule has 0 fully saturated rings. The quantitative estimate of drug-likeness (QED) is 0.362. The molecule has 2 rings (SSSR count). The van der Waals surface area contributed by atoms with E-state index in [1.807, 2.05) is 54.6 Å². The minimum absolute atomic E-state index is 0.446. The van der Waals surface area contributed by atoms with Gasteiger partial charge in [-0.2, -0.15) is 0 Å². The van der Waals surface area contributed by atoms with Crippen molar-refractivity contribution in [2.45, 2.75) is 18.9 Å². The fourth-order valence-corrected chi connectivity index (χ4v) is 2.26. The summed E-state index contributed by atoms with van der Waals surface area (Å²) in [5, 5.41) is 11.8. The standard InChI is InChI=1S/C19H20ClNO2/c1-23-18-13-11-16(12-14-18)19(10-6-3-7-15-20)21(22)17-8-4-2-5-9-17/h2,4-5,8-9,11-14,19,22H,3,7,15H2,1H3. The van der Waals surface area contributed by atoms with E-state index in [0.717, 1.165) is 17.7 Å². The van der Waals surface area contributed by atoms with Gasteiger partial charge in [-0.15, -0.1) is 17.5 Å². The second-order valence-corrected chi connectivity index (χ2v) is 5.35. The van der Waals surface area contributed by atoms with Gasteiger partial charge in [0.05, 0.1) is 12.8 Å². The number of para-hydroxylation sites is 1. The summed E-state index contributed by atoms with van der Waals surface area (Å²) in [6.07, 6.45) is 1.54. The third kappa shape index (κ3) is 4.92. The number of halogens is 1. The Balaban J connectivity index is 2.27. The van der Waals surface area contributed by atoms with Crippen molar-refractivity contribution in [1.82, 2.24) is 0 Å². The van der Waals surface area contributed by atoms with E-state index >= 15 is 0 Å². The predicted octanol–water partition coefficient (Wildman–Crippen LogP) is 4.65. The molecule has 23 heavy (non-hydrogen) atoms. The number of anilines is 1. The lowest BCUT2D eigenvalue weighted by molar-refractivity contribution is 0.236. The molecule has 0 amide bonds. The van der Waals surface area contributed by atoms with E-state index in [0.29, 0.717) is 18.0 Å². The van der Waals surface area contributed by atoms with Crippen LogP contribution in [0.4, 0.5) is 5.69 Å². The lowest BCUT2D eigenvalue weighted by atomic mass is 10.1. The Hall–Kier alpha value is -2.15. The van der Waals surface area contributed by atoms with Crippen LogP contribution in [0.5, 0.6) is 5.75 Å². The molecule has 0 radical (unpaired) electrons. The van der Waals surface area contributed by atoms with Crippen LogP contribution >= 0.6 is 11.6 Å². The highest BCUT2D eigenvalue weighted by molar-refractivity contribution is 6.17. The third-order valence-corrected chi connectivity index (χ3v) is 3.64. The zero-order valence-corrected chi connectivity index (χ0v) is 13.8. The Bertz CT molecular complexity index is 647. The summed E-state index contributed by atoms with van der Waals surface area (Å²) in [4.78, 5) is 0. The van der Waals surface area contributed by atoms with Gasteiger partial charge in [0.15, 0.2) is 0 Å². The van der Waals surface area contributed by atoms with Crippen molar-refractivity contribution >= 4 is 17.3 Å². The van der Waals surface area contributed by atoms with E-state index in [2.05, 4.69) is 11.8 Å². The Morgan fingerprint density at radius 1 is 1.13 bits per heavy atom. The van der Waals surface area contributed by atoms with E-state index < -0.39 is 6.04 Å². The average molecular weight is 330 g/mol. The molecule has 0 saturated heterocycles. The molecule has 0 aliphatic carbocycles. The molecule has 0 bridgehead atoms. The zero-order chi connectivity index (χ0) is 16.5. The van der Waals surface area contributed by atoms with E-state index in [4.69, 9.17) is 16.3 Å². The highest BCUT2D eigenvalue weighted by Gasteiger charge is 2.17. The normalized spacial score (nSPS) is 11.3. The first kappa shape index (κ1) is 17.2. The van der Waals surface area contributed by atoms with Crippen molar-refractivity contribution in [3.8, 4) is 17.6 Å². The van der Waals surface area contributed by atoms with Crippen LogP contribution in [0.3, 0.4) is 0 Å². The molecule has 1 atom stereocenters. The van der Waals surface area contributed by atoms with Crippen LogP contribution in [0.15, 0.2) is 54.6 Å². The maximum Gasteiger partial charge on any atom is 0.142 e. The van der Waals surface area contributed by atoms with E-state index in [9.17, 15) is 5.21 Å². The Morgan fingerprint density at radius 2 is 1.83 bits per heavy atom. The Morgan fingerprint density at radius 3 is 2.43 bits per heavy atom. The average Bonchev–Trinajstić information content (AvgIpc) is 2.62. The van der Waals surface area contributed by atoms with Crippen LogP contribution in [-0.2, 0) is 0 Å². The van der Waals surface area contributed by atoms with E-state index in [1.165, 1.54) is 5.06 Å². The molecule has 0 spiro atoms. The molecule has 0 aliphatic rings. The van der Waals surface area contributed by atoms with Crippen molar-refractivity contribution in [1.29, 1.82) is 0 Å². The molecule has 0 aromatic heterocycles. The maximum atomic E-state index is 10.6. The number of rotatable bonds is 6. The van der Waals surface area contributed by atoms with Crippen LogP contribution in [0, 0.1) is 11.8 Å². The Kier molecular flexibility index (Phi) is 6.80. The first-order valence-corrected chi connectivity index (χ1v) is 8.01. The SMILES string of the molecule is COc1ccc(C(C#CCCCCl)N(O)c2ccccc2)cc1. The van der Waals surface area contributed by atoms with Gasteiger partial charge in [-0.3, -0.25) is 5.21 Å². The topological polar surface area (TPSA) is 32.7 Å². The van der Waals surface area contributed by atoms with Gasteiger partial charge in [0.1, 0.15) is 11.8 Å². The summed E-state index contributed by atoms with van der Waals surface area (Å²) in [5.41, 5.74) is 1.59. The van der Waals surface area contributed by atoms with E-state index in [-0.39, 0.29) is 0 Å². The number of unbranched alkanes of at least 4 members (excludes halogenated alkanes) is 1. The van der Waals surface area contributed by atoms with Crippen molar-refractivity contribution in [3.05, 3.63) is 60.2 Å². The van der Waals surface area contributed by atoms with Gasteiger partial charge in [0, 0.05) is 12.3 Å². The molecule has 1 unspecified atom stereocenters. The molecule has 1 N–H and O–H groups in total. The molecule has 120 valence electrons. The summed E-state index contributed by atoms with van der Waals surface area (Å²) in [6, 6.07) is 16.5. The molecule has 4 heteroatoms. The molecule has 3 nitrogen and oxygen atoms in total. The van der Waals surface area contributed by atoms with Gasteiger partial charge in [-0.05, 0) is 36.2 Å². The Labute approximate surface area is 142 Å². The fourth-order valence-electron chi connectivity index (χ4n) is 2.13. The molecular formula is C19H20ClNO2. The monoisotopic (exact) mass is 329 g/mol. The molecule has 2 aromatic carbocycles. The van der Waals surface area contributed by atoms with Crippen LogP contribution in [-0.4, -0.2) is 18.2 Å². The largest absolute Gasteiger partial charge is 0.497 e. The summed E-state index contributed by atoms with van der Waals surface area (Å²) < 4.78 is 5.18. The van der Waals surface area contributed by atoms with Gasteiger partial charge in [-0.25, -0.2) is 5.06 Å². The number of nitrogens with zero attached hydrogens (tertiary/aromatic N) is 1. The van der Waals surface area contributed by atoms with Gasteiger partial charge in [0.25, 0.3) is 0 Å². The van der Waals surface area contributed by atoms with Crippen LogP contribution in [0.2, 0.25) is 0 Å². The second kappa shape index (κ2) is 9.09. The highest BCUT2D eigenvalue weighted by atomic mass is 35.5. The number of ether oxygens (including phenoxy) is 1. The summed E-state index contributed by atoms with van der Waals surface area (Å²) in [5.74, 6) is 7.59. The lowest BCUT2D eigenvalue weighted by Crippen LogP contribution is -2.23. The van der Waals surface area contributed by atoms with Crippen molar-refractivity contribution < 1.29 is 9.94 Å². The molecular weight excluding hydrogens is 310 g/mol. The maximum absolute atomic E-state index is 10.6. The first-order chi connectivity index (χ1) is 11.3. The van der Waals surface area contributed by atoms with Gasteiger partial charge in [-0.1, -0.05) is 36.3 Å². The smallest absolute Gasteiger partial charge is 0.142 e. The zero-order valence-electron chi connectivity index (χ0n) is 13.1. The van der Waals surface area contributed by atoms with Crippen LogP contribution in [0.1, 0.15) is 24.4 Å².